The van der Waals surface area contributed by atoms with Crippen molar-refractivity contribution in [2.45, 2.75) is 25.8 Å². The summed E-state index contributed by atoms with van der Waals surface area (Å²) in [4.78, 5) is 8.19. The largest absolute Gasteiger partial charge is 0.327 e. The monoisotopic (exact) mass is 217 g/mol. The van der Waals surface area contributed by atoms with Gasteiger partial charge in [0.2, 0.25) is 0 Å². The van der Waals surface area contributed by atoms with Crippen molar-refractivity contribution in [3.8, 4) is 11.4 Å². The normalized spacial score (nSPS) is 12.6. The summed E-state index contributed by atoms with van der Waals surface area (Å²) in [6.07, 6.45) is 6.76. The Hall–Kier alpha value is -1.75. The predicted octanol–water partition coefficient (Wildman–Crippen LogP) is 1.15. The summed E-state index contributed by atoms with van der Waals surface area (Å²) in [6, 6.07) is 2.15. The Morgan fingerprint density at radius 1 is 1.38 bits per heavy atom. The van der Waals surface area contributed by atoms with E-state index in [2.05, 4.69) is 27.1 Å². The lowest BCUT2D eigenvalue weighted by molar-refractivity contribution is 0.635. The maximum Gasteiger partial charge on any atom is 0.112 e. The van der Waals surface area contributed by atoms with Crippen molar-refractivity contribution in [3.63, 3.8) is 0 Å². The van der Waals surface area contributed by atoms with E-state index in [9.17, 15) is 0 Å². The van der Waals surface area contributed by atoms with Crippen LogP contribution >= 0.6 is 0 Å². The molecule has 1 atom stereocenters. The van der Waals surface area contributed by atoms with Gasteiger partial charge in [0, 0.05) is 30.6 Å². The van der Waals surface area contributed by atoms with Gasteiger partial charge in [0.25, 0.3) is 0 Å². The van der Waals surface area contributed by atoms with Gasteiger partial charge in [-0.2, -0.15) is 5.10 Å². The second-order valence-electron chi connectivity index (χ2n) is 3.74. The first-order valence-corrected chi connectivity index (χ1v) is 5.36. The smallest absolute Gasteiger partial charge is 0.112 e. The zero-order valence-corrected chi connectivity index (χ0v) is 9.22. The van der Waals surface area contributed by atoms with Gasteiger partial charge < -0.3 is 5.73 Å². The summed E-state index contributed by atoms with van der Waals surface area (Å²) in [5.41, 5.74) is 8.50. The minimum Gasteiger partial charge on any atom is -0.327 e. The lowest BCUT2D eigenvalue weighted by atomic mass is 10.1. The lowest BCUT2D eigenvalue weighted by Crippen LogP contribution is -2.21. The summed E-state index contributed by atoms with van der Waals surface area (Å²) < 4.78 is 0. The SMILES string of the molecule is CCC(N)Cc1cc(-c2cnccn2)n[nH]1. The molecular weight excluding hydrogens is 202 g/mol. The topological polar surface area (TPSA) is 80.5 Å². The van der Waals surface area contributed by atoms with Crippen LogP contribution < -0.4 is 5.73 Å². The molecular formula is C11H15N5. The van der Waals surface area contributed by atoms with Crippen LogP contribution in [0.1, 0.15) is 19.0 Å². The van der Waals surface area contributed by atoms with Crippen LogP contribution in [0.4, 0.5) is 0 Å². The third-order valence-electron chi connectivity index (χ3n) is 2.46. The molecule has 0 saturated carbocycles. The standard InChI is InChI=1S/C11H15N5/c1-2-8(12)5-9-6-10(16-15-9)11-7-13-3-4-14-11/h3-4,6-8H,2,5,12H2,1H3,(H,15,16). The van der Waals surface area contributed by atoms with Gasteiger partial charge in [-0.15, -0.1) is 0 Å². The van der Waals surface area contributed by atoms with Crippen LogP contribution in [-0.2, 0) is 6.42 Å². The molecule has 2 heterocycles. The van der Waals surface area contributed by atoms with E-state index in [4.69, 9.17) is 5.73 Å². The summed E-state index contributed by atoms with van der Waals surface area (Å²) in [5.74, 6) is 0. The van der Waals surface area contributed by atoms with Crippen molar-refractivity contribution >= 4 is 0 Å². The molecule has 1 unspecified atom stereocenters. The fourth-order valence-corrected chi connectivity index (χ4v) is 1.46. The third-order valence-corrected chi connectivity index (χ3v) is 2.46. The molecule has 0 bridgehead atoms. The van der Waals surface area contributed by atoms with E-state index >= 15 is 0 Å². The average Bonchev–Trinajstić information content (AvgIpc) is 2.78. The number of nitrogens with zero attached hydrogens (tertiary/aromatic N) is 3. The molecule has 5 nitrogen and oxygen atoms in total. The molecule has 0 aromatic carbocycles. The molecule has 0 aliphatic carbocycles. The van der Waals surface area contributed by atoms with Crippen molar-refractivity contribution in [1.82, 2.24) is 20.2 Å². The highest BCUT2D eigenvalue weighted by Gasteiger charge is 2.07. The van der Waals surface area contributed by atoms with Crippen LogP contribution in [-0.4, -0.2) is 26.2 Å². The number of H-pyrrole nitrogens is 1. The molecule has 5 heteroatoms. The molecule has 0 radical (unpaired) electrons. The number of hydrogen-bond acceptors (Lipinski definition) is 4. The molecule has 0 amide bonds. The quantitative estimate of drug-likeness (QED) is 0.805. The summed E-state index contributed by atoms with van der Waals surface area (Å²) >= 11 is 0. The minimum atomic E-state index is 0.176. The van der Waals surface area contributed by atoms with Gasteiger partial charge >= 0.3 is 0 Å². The number of aromatic nitrogens is 4. The molecule has 0 spiro atoms. The molecule has 16 heavy (non-hydrogen) atoms. The van der Waals surface area contributed by atoms with Gasteiger partial charge in [0.15, 0.2) is 0 Å². The van der Waals surface area contributed by atoms with Crippen molar-refractivity contribution in [1.29, 1.82) is 0 Å². The molecule has 84 valence electrons. The molecule has 2 aromatic rings. The highest BCUT2D eigenvalue weighted by molar-refractivity contribution is 5.52. The first-order valence-electron chi connectivity index (χ1n) is 5.36. The number of nitrogens with one attached hydrogen (secondary N) is 1. The summed E-state index contributed by atoms with van der Waals surface area (Å²) in [6.45, 7) is 2.07. The highest BCUT2D eigenvalue weighted by Crippen LogP contribution is 2.14. The number of hydrogen-bond donors (Lipinski definition) is 2. The predicted molar refractivity (Wildman–Crippen MR) is 61.6 cm³/mol. The molecule has 3 N–H and O–H groups in total. The number of rotatable bonds is 4. The van der Waals surface area contributed by atoms with E-state index in [-0.39, 0.29) is 6.04 Å². The van der Waals surface area contributed by atoms with Crippen LogP contribution in [0.5, 0.6) is 0 Å². The third kappa shape index (κ3) is 2.43. The van der Waals surface area contributed by atoms with E-state index in [1.807, 2.05) is 6.07 Å². The maximum atomic E-state index is 5.88. The van der Waals surface area contributed by atoms with E-state index in [1.165, 1.54) is 0 Å². The number of nitrogens with two attached hydrogens (primary N) is 1. The Bertz CT molecular complexity index is 437. The van der Waals surface area contributed by atoms with Crippen LogP contribution in [0.2, 0.25) is 0 Å². The van der Waals surface area contributed by atoms with Crippen LogP contribution in [0.25, 0.3) is 11.4 Å². The van der Waals surface area contributed by atoms with Gasteiger partial charge in [0.05, 0.1) is 6.20 Å². The van der Waals surface area contributed by atoms with Crippen molar-refractivity contribution < 1.29 is 0 Å². The summed E-state index contributed by atoms with van der Waals surface area (Å²) in [7, 11) is 0. The molecule has 0 aliphatic heterocycles. The first-order chi connectivity index (χ1) is 7.79. The van der Waals surface area contributed by atoms with E-state index < -0.39 is 0 Å². The second-order valence-corrected chi connectivity index (χ2v) is 3.74. The molecule has 0 aliphatic rings. The fraction of sp³-hybridized carbons (Fsp3) is 0.364. The Morgan fingerprint density at radius 3 is 2.94 bits per heavy atom. The van der Waals surface area contributed by atoms with Crippen molar-refractivity contribution in [2.75, 3.05) is 0 Å². The maximum absolute atomic E-state index is 5.88. The molecule has 2 rings (SSSR count). The van der Waals surface area contributed by atoms with Crippen molar-refractivity contribution in [3.05, 3.63) is 30.4 Å². The van der Waals surface area contributed by atoms with Gasteiger partial charge in [-0.3, -0.25) is 15.1 Å². The fourth-order valence-electron chi connectivity index (χ4n) is 1.46. The Balaban J connectivity index is 2.14. The van der Waals surface area contributed by atoms with Crippen LogP contribution in [0, 0.1) is 0 Å². The Kier molecular flexibility index (Phi) is 3.26. The zero-order valence-electron chi connectivity index (χ0n) is 9.22. The minimum absolute atomic E-state index is 0.176. The van der Waals surface area contributed by atoms with Gasteiger partial charge in [-0.05, 0) is 12.5 Å². The average molecular weight is 217 g/mol. The van der Waals surface area contributed by atoms with Gasteiger partial charge in [-0.25, -0.2) is 0 Å². The zero-order chi connectivity index (χ0) is 11.4. The van der Waals surface area contributed by atoms with Crippen LogP contribution in [0.15, 0.2) is 24.7 Å². The highest BCUT2D eigenvalue weighted by atomic mass is 15.1. The van der Waals surface area contributed by atoms with E-state index in [0.717, 1.165) is 29.9 Å². The Labute approximate surface area is 94.1 Å². The second kappa shape index (κ2) is 4.85. The van der Waals surface area contributed by atoms with Gasteiger partial charge in [-0.1, -0.05) is 6.92 Å². The van der Waals surface area contributed by atoms with Gasteiger partial charge in [0.1, 0.15) is 11.4 Å². The molecule has 0 fully saturated rings. The first kappa shape index (κ1) is 10.8. The van der Waals surface area contributed by atoms with E-state index in [1.54, 1.807) is 18.6 Å². The van der Waals surface area contributed by atoms with Crippen LogP contribution in [0.3, 0.4) is 0 Å². The van der Waals surface area contributed by atoms with E-state index in [0.29, 0.717) is 0 Å². The number of aromatic amines is 1. The molecule has 0 saturated heterocycles. The summed E-state index contributed by atoms with van der Waals surface area (Å²) in [5, 5.41) is 7.16. The molecule has 2 aromatic heterocycles. The Morgan fingerprint density at radius 2 is 2.25 bits per heavy atom. The van der Waals surface area contributed by atoms with Crippen molar-refractivity contribution in [2.24, 2.45) is 5.73 Å². The lowest BCUT2D eigenvalue weighted by Gasteiger charge is -2.04.